The summed E-state index contributed by atoms with van der Waals surface area (Å²) in [5, 5.41) is 14.6. The minimum absolute atomic E-state index is 0.313. The maximum Gasteiger partial charge on any atom is 0.257 e. The molecular formula is C14H11ClN4O. The molecule has 0 spiro atoms. The first kappa shape index (κ1) is 13.8. The lowest BCUT2D eigenvalue weighted by Crippen LogP contribution is -2.12. The molecule has 20 heavy (non-hydrogen) atoms. The highest BCUT2D eigenvalue weighted by atomic mass is 35.5. The smallest absolute Gasteiger partial charge is 0.257 e. The van der Waals surface area contributed by atoms with Gasteiger partial charge in [0, 0.05) is 13.2 Å². The highest BCUT2D eigenvalue weighted by molar-refractivity contribution is 6.34. The minimum atomic E-state index is -0.313. The molecule has 0 atom stereocenters. The molecule has 0 saturated heterocycles. The van der Waals surface area contributed by atoms with Gasteiger partial charge in [-0.15, -0.1) is 0 Å². The van der Waals surface area contributed by atoms with Gasteiger partial charge in [-0.2, -0.15) is 5.26 Å². The Hall–Kier alpha value is -2.58. The number of amides is 1. The van der Waals surface area contributed by atoms with Gasteiger partial charge in [-0.1, -0.05) is 11.6 Å². The molecular weight excluding hydrogens is 276 g/mol. The lowest BCUT2D eigenvalue weighted by molar-refractivity contribution is 0.102. The van der Waals surface area contributed by atoms with Crippen LogP contribution in [0.1, 0.15) is 15.9 Å². The molecule has 0 aliphatic carbocycles. The van der Waals surface area contributed by atoms with E-state index in [0.29, 0.717) is 27.7 Å². The van der Waals surface area contributed by atoms with Crippen molar-refractivity contribution in [1.29, 1.82) is 5.26 Å². The summed E-state index contributed by atoms with van der Waals surface area (Å²) in [6.45, 7) is 0. The zero-order valence-electron chi connectivity index (χ0n) is 10.6. The van der Waals surface area contributed by atoms with Crippen LogP contribution >= 0.6 is 11.6 Å². The van der Waals surface area contributed by atoms with Gasteiger partial charge in [0.15, 0.2) is 0 Å². The highest BCUT2D eigenvalue weighted by Gasteiger charge is 2.09. The molecule has 6 heteroatoms. The Morgan fingerprint density at radius 1 is 1.35 bits per heavy atom. The van der Waals surface area contributed by atoms with Crippen molar-refractivity contribution in [2.24, 2.45) is 0 Å². The number of aromatic nitrogens is 1. The van der Waals surface area contributed by atoms with Crippen LogP contribution in [0.4, 0.5) is 11.5 Å². The first-order chi connectivity index (χ1) is 9.63. The first-order valence-corrected chi connectivity index (χ1v) is 6.16. The molecule has 1 amide bonds. The van der Waals surface area contributed by atoms with Gasteiger partial charge in [-0.3, -0.25) is 4.79 Å². The van der Waals surface area contributed by atoms with Crippen LogP contribution in [-0.4, -0.2) is 17.9 Å². The van der Waals surface area contributed by atoms with Crippen molar-refractivity contribution in [2.45, 2.75) is 0 Å². The zero-order valence-corrected chi connectivity index (χ0v) is 11.4. The molecule has 1 aromatic heterocycles. The molecule has 5 nitrogen and oxygen atoms in total. The minimum Gasteiger partial charge on any atom is -0.373 e. The maximum atomic E-state index is 12.0. The average molecular weight is 287 g/mol. The number of nitrogens with one attached hydrogen (secondary N) is 2. The second kappa shape index (κ2) is 6.04. The molecule has 100 valence electrons. The van der Waals surface area contributed by atoms with Crippen molar-refractivity contribution >= 4 is 29.0 Å². The van der Waals surface area contributed by atoms with E-state index in [1.165, 1.54) is 12.3 Å². The number of hydrogen-bond donors (Lipinski definition) is 2. The van der Waals surface area contributed by atoms with Gasteiger partial charge >= 0.3 is 0 Å². The summed E-state index contributed by atoms with van der Waals surface area (Å²) in [7, 11) is 1.75. The number of pyridine rings is 1. The van der Waals surface area contributed by atoms with Crippen molar-refractivity contribution in [2.75, 3.05) is 17.7 Å². The van der Waals surface area contributed by atoms with Crippen LogP contribution in [0, 0.1) is 11.3 Å². The van der Waals surface area contributed by atoms with Crippen molar-refractivity contribution < 1.29 is 4.79 Å². The summed E-state index contributed by atoms with van der Waals surface area (Å²) in [5.41, 5.74) is 1.31. The van der Waals surface area contributed by atoms with Crippen LogP contribution in [0.5, 0.6) is 0 Å². The largest absolute Gasteiger partial charge is 0.373 e. The summed E-state index contributed by atoms with van der Waals surface area (Å²) in [4.78, 5) is 16.1. The van der Waals surface area contributed by atoms with Gasteiger partial charge < -0.3 is 10.6 Å². The monoisotopic (exact) mass is 286 g/mol. The number of nitriles is 1. The standard InChI is InChI=1S/C14H11ClN4O/c1-17-13-5-3-10(8-18-13)14(20)19-12-4-2-9(7-16)6-11(12)15/h2-6,8H,1H3,(H,17,18)(H,19,20). The van der Waals surface area contributed by atoms with E-state index in [2.05, 4.69) is 15.6 Å². The predicted octanol–water partition coefficient (Wildman–Crippen LogP) is 2.90. The van der Waals surface area contributed by atoms with Crippen molar-refractivity contribution in [3.63, 3.8) is 0 Å². The fourth-order valence-corrected chi connectivity index (χ4v) is 1.78. The van der Waals surface area contributed by atoms with E-state index >= 15 is 0 Å². The Labute approximate surface area is 121 Å². The van der Waals surface area contributed by atoms with Crippen LogP contribution in [0.3, 0.4) is 0 Å². The van der Waals surface area contributed by atoms with E-state index in [1.54, 1.807) is 31.3 Å². The zero-order chi connectivity index (χ0) is 14.5. The molecule has 2 rings (SSSR count). The summed E-state index contributed by atoms with van der Waals surface area (Å²) >= 11 is 6.00. The van der Waals surface area contributed by atoms with E-state index in [-0.39, 0.29) is 5.91 Å². The normalized spacial score (nSPS) is 9.65. The molecule has 1 heterocycles. The van der Waals surface area contributed by atoms with Crippen LogP contribution < -0.4 is 10.6 Å². The van der Waals surface area contributed by atoms with Crippen LogP contribution in [-0.2, 0) is 0 Å². The van der Waals surface area contributed by atoms with Crippen molar-refractivity contribution in [3.8, 4) is 6.07 Å². The second-order valence-corrected chi connectivity index (χ2v) is 4.35. The number of hydrogen-bond acceptors (Lipinski definition) is 4. The summed E-state index contributed by atoms with van der Waals surface area (Å²) in [5.74, 6) is 0.365. The fraction of sp³-hybridized carbons (Fsp3) is 0.0714. The summed E-state index contributed by atoms with van der Waals surface area (Å²) in [6, 6.07) is 10.0. The molecule has 0 bridgehead atoms. The van der Waals surface area contributed by atoms with Crippen LogP contribution in [0.2, 0.25) is 5.02 Å². The van der Waals surface area contributed by atoms with Gasteiger partial charge in [0.25, 0.3) is 5.91 Å². The van der Waals surface area contributed by atoms with E-state index in [1.807, 2.05) is 6.07 Å². The maximum absolute atomic E-state index is 12.0. The van der Waals surface area contributed by atoms with Crippen LogP contribution in [0.25, 0.3) is 0 Å². The number of benzene rings is 1. The molecule has 2 N–H and O–H groups in total. The van der Waals surface area contributed by atoms with E-state index in [9.17, 15) is 4.79 Å². The molecule has 0 aliphatic rings. The van der Waals surface area contributed by atoms with Gasteiger partial charge in [0.05, 0.1) is 27.9 Å². The number of anilines is 2. The number of halogens is 1. The number of nitrogens with zero attached hydrogens (tertiary/aromatic N) is 2. The van der Waals surface area contributed by atoms with Gasteiger partial charge in [0.2, 0.25) is 0 Å². The Morgan fingerprint density at radius 3 is 2.70 bits per heavy atom. The highest BCUT2D eigenvalue weighted by Crippen LogP contribution is 2.23. The molecule has 1 aromatic carbocycles. The van der Waals surface area contributed by atoms with Gasteiger partial charge in [-0.25, -0.2) is 4.98 Å². The molecule has 0 unspecified atom stereocenters. The molecule has 0 fully saturated rings. The first-order valence-electron chi connectivity index (χ1n) is 5.79. The summed E-state index contributed by atoms with van der Waals surface area (Å²) in [6.07, 6.45) is 1.47. The van der Waals surface area contributed by atoms with Gasteiger partial charge in [0.1, 0.15) is 5.82 Å². The molecule has 0 saturated carbocycles. The predicted molar refractivity (Wildman–Crippen MR) is 77.9 cm³/mol. The van der Waals surface area contributed by atoms with Gasteiger partial charge in [-0.05, 0) is 30.3 Å². The lowest BCUT2D eigenvalue weighted by Gasteiger charge is -2.07. The van der Waals surface area contributed by atoms with Crippen molar-refractivity contribution in [3.05, 3.63) is 52.7 Å². The quantitative estimate of drug-likeness (QED) is 0.909. The van der Waals surface area contributed by atoms with Crippen molar-refractivity contribution in [1.82, 2.24) is 4.98 Å². The third-order valence-corrected chi connectivity index (χ3v) is 2.94. The van der Waals surface area contributed by atoms with E-state index in [0.717, 1.165) is 0 Å². The summed E-state index contributed by atoms with van der Waals surface area (Å²) < 4.78 is 0. The Bertz CT molecular complexity index is 677. The molecule has 0 radical (unpaired) electrons. The number of carbonyl (C=O) groups is 1. The topological polar surface area (TPSA) is 77.8 Å². The lowest BCUT2D eigenvalue weighted by atomic mass is 10.2. The number of rotatable bonds is 3. The van der Waals surface area contributed by atoms with E-state index in [4.69, 9.17) is 16.9 Å². The third-order valence-electron chi connectivity index (χ3n) is 2.63. The fourth-order valence-electron chi connectivity index (χ4n) is 1.56. The second-order valence-electron chi connectivity index (χ2n) is 3.94. The third kappa shape index (κ3) is 3.05. The SMILES string of the molecule is CNc1ccc(C(=O)Nc2ccc(C#N)cc2Cl)cn1. The average Bonchev–Trinajstić information content (AvgIpc) is 2.49. The Kier molecular flexibility index (Phi) is 4.18. The Morgan fingerprint density at radius 2 is 2.15 bits per heavy atom. The molecule has 0 aliphatic heterocycles. The van der Waals surface area contributed by atoms with E-state index < -0.39 is 0 Å². The number of carbonyl (C=O) groups excluding carboxylic acids is 1. The molecule has 2 aromatic rings. The Balaban J connectivity index is 2.17. The van der Waals surface area contributed by atoms with Crippen LogP contribution in [0.15, 0.2) is 36.5 Å².